The maximum atomic E-state index is 5.27. The Morgan fingerprint density at radius 3 is 2.87 bits per heavy atom. The van der Waals surface area contributed by atoms with Crippen LogP contribution in [0, 0.1) is 0 Å². The van der Waals surface area contributed by atoms with Gasteiger partial charge < -0.3 is 4.74 Å². The third kappa shape index (κ3) is 11.6. The predicted molar refractivity (Wildman–Crippen MR) is 71.0 cm³/mol. The molecule has 0 aromatic heterocycles. The fraction of sp³-hybridized carbons (Fsp3) is 0.750. The lowest BCUT2D eigenvalue weighted by Gasteiger charge is -2.01. The Morgan fingerprint density at radius 2 is 2.20 bits per heavy atom. The number of ether oxygens (including phenoxy) is 1. The zero-order chi connectivity index (χ0) is 11.4. The van der Waals surface area contributed by atoms with Gasteiger partial charge in [0.15, 0.2) is 0 Å². The number of hydrogen-bond acceptors (Lipinski definition) is 3. The first-order valence-corrected chi connectivity index (χ1v) is 6.76. The molecule has 3 heteroatoms. The van der Waals surface area contributed by atoms with Gasteiger partial charge in [-0.25, -0.2) is 0 Å². The fourth-order valence-corrected chi connectivity index (χ4v) is 1.96. The second kappa shape index (κ2) is 11.8. The van der Waals surface area contributed by atoms with Crippen molar-refractivity contribution < 1.29 is 4.74 Å². The van der Waals surface area contributed by atoms with E-state index in [9.17, 15) is 0 Å². The Bertz CT molecular complexity index is 190. The second-order valence-corrected chi connectivity index (χ2v) is 4.48. The smallest absolute Gasteiger partial charge is 0.0473 e. The molecular weight excluding hydrogens is 206 g/mol. The van der Waals surface area contributed by atoms with Crippen LogP contribution in [0.3, 0.4) is 0 Å². The Kier molecular flexibility index (Phi) is 11.6. The maximum Gasteiger partial charge on any atom is 0.0473 e. The van der Waals surface area contributed by atoms with Crippen LogP contribution in [0.15, 0.2) is 17.3 Å². The van der Waals surface area contributed by atoms with Crippen molar-refractivity contribution >= 4 is 17.5 Å². The summed E-state index contributed by atoms with van der Waals surface area (Å²) in [6, 6.07) is 0. The lowest BCUT2D eigenvalue weighted by atomic mass is 10.3. The third-order valence-corrected chi connectivity index (χ3v) is 2.90. The average Bonchev–Trinajstić information content (AvgIpc) is 2.25. The van der Waals surface area contributed by atoms with Crippen LogP contribution < -0.4 is 0 Å². The first-order chi connectivity index (χ1) is 7.31. The number of allylic oxidation sites excluding steroid dienone is 1. The van der Waals surface area contributed by atoms with Crippen molar-refractivity contribution in [2.75, 3.05) is 24.7 Å². The van der Waals surface area contributed by atoms with E-state index < -0.39 is 0 Å². The summed E-state index contributed by atoms with van der Waals surface area (Å²) in [7, 11) is 0. The highest BCUT2D eigenvalue weighted by Crippen LogP contribution is 2.05. The summed E-state index contributed by atoms with van der Waals surface area (Å²) in [5.74, 6) is 2.36. The van der Waals surface area contributed by atoms with Gasteiger partial charge in [-0.05, 0) is 45.1 Å². The number of nitrogens with zero attached hydrogens (tertiary/aromatic N) is 1. The molecule has 0 aromatic rings. The molecule has 0 aliphatic carbocycles. The van der Waals surface area contributed by atoms with E-state index in [1.807, 2.05) is 37.9 Å². The fourth-order valence-electron chi connectivity index (χ4n) is 0.996. The van der Waals surface area contributed by atoms with Gasteiger partial charge in [-0.3, -0.25) is 4.99 Å². The molecule has 88 valence electrons. The highest BCUT2D eigenvalue weighted by Gasteiger charge is 1.93. The summed E-state index contributed by atoms with van der Waals surface area (Å²) in [6.07, 6.45) is 6.06. The van der Waals surface area contributed by atoms with Gasteiger partial charge in [-0.2, -0.15) is 11.8 Å². The largest absolute Gasteiger partial charge is 0.382 e. The summed E-state index contributed by atoms with van der Waals surface area (Å²) < 4.78 is 5.27. The van der Waals surface area contributed by atoms with Gasteiger partial charge in [0.05, 0.1) is 0 Å². The SMILES string of the molecule is C/C=C\N=C(C)CCSCCCOCC. The van der Waals surface area contributed by atoms with Crippen molar-refractivity contribution in [3.8, 4) is 0 Å². The molecule has 0 saturated carbocycles. The monoisotopic (exact) mass is 229 g/mol. The van der Waals surface area contributed by atoms with E-state index in [2.05, 4.69) is 11.9 Å². The molecule has 0 rings (SSSR count). The molecule has 0 fully saturated rings. The lowest BCUT2D eigenvalue weighted by molar-refractivity contribution is 0.149. The van der Waals surface area contributed by atoms with Crippen LogP contribution in [0.1, 0.15) is 33.6 Å². The standard InChI is InChI=1S/C12H23NOS/c1-4-8-13-12(3)7-11-15-10-6-9-14-5-2/h4,8H,5-7,9-11H2,1-3H3/b8-4-,13-12?. The predicted octanol–water partition coefficient (Wildman–Crippen LogP) is 3.53. The molecule has 0 atom stereocenters. The van der Waals surface area contributed by atoms with Crippen LogP contribution in [0.2, 0.25) is 0 Å². The van der Waals surface area contributed by atoms with E-state index in [1.165, 1.54) is 17.2 Å². The van der Waals surface area contributed by atoms with Crippen LogP contribution in [0.25, 0.3) is 0 Å². The van der Waals surface area contributed by atoms with Gasteiger partial charge in [0, 0.05) is 25.1 Å². The van der Waals surface area contributed by atoms with Gasteiger partial charge in [-0.1, -0.05) is 6.08 Å². The van der Waals surface area contributed by atoms with Crippen LogP contribution in [-0.2, 0) is 4.74 Å². The van der Waals surface area contributed by atoms with Crippen molar-refractivity contribution in [1.29, 1.82) is 0 Å². The Balaban J connectivity index is 3.23. The lowest BCUT2D eigenvalue weighted by Crippen LogP contribution is -1.97. The van der Waals surface area contributed by atoms with Crippen molar-refractivity contribution in [1.82, 2.24) is 0 Å². The van der Waals surface area contributed by atoms with E-state index in [-0.39, 0.29) is 0 Å². The summed E-state index contributed by atoms with van der Waals surface area (Å²) in [4.78, 5) is 4.29. The van der Waals surface area contributed by atoms with Crippen LogP contribution in [-0.4, -0.2) is 30.4 Å². The summed E-state index contributed by atoms with van der Waals surface area (Å²) in [5, 5.41) is 0. The Hall–Kier alpha value is -0.280. The number of thioether (sulfide) groups is 1. The van der Waals surface area contributed by atoms with E-state index in [4.69, 9.17) is 4.74 Å². The molecule has 0 spiro atoms. The molecule has 0 unspecified atom stereocenters. The number of hydrogen-bond donors (Lipinski definition) is 0. The zero-order valence-corrected chi connectivity index (χ0v) is 11.0. The highest BCUT2D eigenvalue weighted by molar-refractivity contribution is 7.99. The number of rotatable bonds is 9. The molecule has 0 aliphatic rings. The quantitative estimate of drug-likeness (QED) is 0.445. The summed E-state index contributed by atoms with van der Waals surface area (Å²) in [5.41, 5.74) is 1.21. The molecule has 0 aliphatic heterocycles. The molecule has 0 N–H and O–H groups in total. The molecule has 0 radical (unpaired) electrons. The molecule has 15 heavy (non-hydrogen) atoms. The van der Waals surface area contributed by atoms with Crippen LogP contribution >= 0.6 is 11.8 Å². The minimum Gasteiger partial charge on any atom is -0.382 e. The maximum absolute atomic E-state index is 5.27. The first-order valence-electron chi connectivity index (χ1n) is 5.61. The van der Waals surface area contributed by atoms with Gasteiger partial charge in [0.25, 0.3) is 0 Å². The minimum absolute atomic E-state index is 0.833. The molecule has 0 aromatic carbocycles. The molecule has 2 nitrogen and oxygen atoms in total. The topological polar surface area (TPSA) is 21.6 Å². The summed E-state index contributed by atoms with van der Waals surface area (Å²) >= 11 is 1.98. The average molecular weight is 229 g/mol. The normalized spacial score (nSPS) is 12.6. The van der Waals surface area contributed by atoms with E-state index in [0.29, 0.717) is 0 Å². The van der Waals surface area contributed by atoms with Gasteiger partial charge in [0.1, 0.15) is 0 Å². The second-order valence-electron chi connectivity index (χ2n) is 3.26. The van der Waals surface area contributed by atoms with Crippen molar-refractivity contribution in [2.45, 2.75) is 33.6 Å². The highest BCUT2D eigenvalue weighted by atomic mass is 32.2. The first kappa shape index (κ1) is 14.7. The van der Waals surface area contributed by atoms with E-state index >= 15 is 0 Å². The van der Waals surface area contributed by atoms with Gasteiger partial charge in [0.2, 0.25) is 0 Å². The van der Waals surface area contributed by atoms with Crippen molar-refractivity contribution in [3.63, 3.8) is 0 Å². The Morgan fingerprint density at radius 1 is 1.40 bits per heavy atom. The minimum atomic E-state index is 0.833. The molecule has 0 heterocycles. The van der Waals surface area contributed by atoms with E-state index in [0.717, 1.165) is 26.1 Å². The zero-order valence-electron chi connectivity index (χ0n) is 10.2. The van der Waals surface area contributed by atoms with Crippen molar-refractivity contribution in [3.05, 3.63) is 12.3 Å². The van der Waals surface area contributed by atoms with Crippen molar-refractivity contribution in [2.24, 2.45) is 4.99 Å². The molecule has 0 amide bonds. The summed E-state index contributed by atoms with van der Waals surface area (Å²) in [6.45, 7) is 7.84. The third-order valence-electron chi connectivity index (χ3n) is 1.83. The van der Waals surface area contributed by atoms with Crippen LogP contribution in [0.5, 0.6) is 0 Å². The molecule has 0 bridgehead atoms. The Labute approximate surface area is 98.2 Å². The number of aliphatic imine (C=N–C) groups is 1. The van der Waals surface area contributed by atoms with Crippen LogP contribution in [0.4, 0.5) is 0 Å². The molecule has 0 saturated heterocycles. The molecular formula is C12H23NOS. The van der Waals surface area contributed by atoms with Gasteiger partial charge in [-0.15, -0.1) is 0 Å². The van der Waals surface area contributed by atoms with Gasteiger partial charge >= 0.3 is 0 Å². The van der Waals surface area contributed by atoms with E-state index in [1.54, 1.807) is 0 Å².